The maximum Gasteiger partial charge on any atom is 0.257 e. The Morgan fingerprint density at radius 1 is 1.07 bits per heavy atom. The van der Waals surface area contributed by atoms with E-state index in [1.165, 1.54) is 4.90 Å². The molecule has 1 aliphatic carbocycles. The molecule has 1 spiro atoms. The number of hydrogen-bond donors (Lipinski definition) is 1. The third kappa shape index (κ3) is 3.19. The second kappa shape index (κ2) is 7.43. The van der Waals surface area contributed by atoms with E-state index in [0.29, 0.717) is 51.3 Å². The third-order valence-corrected chi connectivity index (χ3v) is 6.65. The zero-order valence-electron chi connectivity index (χ0n) is 15.9. The molecule has 2 aliphatic heterocycles. The Morgan fingerprint density at radius 3 is 2.43 bits per heavy atom. The number of piperidine rings is 1. The van der Waals surface area contributed by atoms with Crippen molar-refractivity contribution in [1.82, 2.24) is 9.80 Å². The third-order valence-electron chi connectivity index (χ3n) is 6.65. The number of aliphatic hydroxyl groups excluding tert-OH is 1. The van der Waals surface area contributed by atoms with Crippen LogP contribution in [0.1, 0.15) is 61.7 Å². The van der Waals surface area contributed by atoms with Crippen LogP contribution in [0.4, 0.5) is 8.78 Å². The predicted molar refractivity (Wildman–Crippen MR) is 98.6 cm³/mol. The fraction of sp³-hybridized carbons (Fsp3) is 0.619. The summed E-state index contributed by atoms with van der Waals surface area (Å²) >= 11 is 0. The quantitative estimate of drug-likeness (QED) is 0.842. The first-order valence-electron chi connectivity index (χ1n) is 10.2. The van der Waals surface area contributed by atoms with Gasteiger partial charge >= 0.3 is 0 Å². The van der Waals surface area contributed by atoms with Crippen molar-refractivity contribution >= 4 is 11.8 Å². The van der Waals surface area contributed by atoms with Crippen molar-refractivity contribution in [3.63, 3.8) is 0 Å². The van der Waals surface area contributed by atoms with E-state index in [9.17, 15) is 23.5 Å². The SMILES string of the molecule is O=C(c1ccc(F)cc1F)N1CCCC12CCCN(C1CCC(O)CC1)C2=O. The van der Waals surface area contributed by atoms with E-state index in [1.54, 1.807) is 0 Å². The molecule has 1 aromatic rings. The Balaban J connectivity index is 1.60. The zero-order chi connectivity index (χ0) is 19.9. The molecule has 2 amide bonds. The van der Waals surface area contributed by atoms with Crippen LogP contribution in [0.25, 0.3) is 0 Å². The van der Waals surface area contributed by atoms with E-state index in [4.69, 9.17) is 0 Å². The van der Waals surface area contributed by atoms with Crippen molar-refractivity contribution in [3.8, 4) is 0 Å². The van der Waals surface area contributed by atoms with Crippen LogP contribution in [-0.4, -0.2) is 57.5 Å². The van der Waals surface area contributed by atoms with Crippen LogP contribution in [0.3, 0.4) is 0 Å². The first kappa shape index (κ1) is 19.3. The van der Waals surface area contributed by atoms with E-state index in [1.807, 2.05) is 4.90 Å². The number of halogens is 2. The summed E-state index contributed by atoms with van der Waals surface area (Å²) in [6, 6.07) is 3.03. The molecule has 1 atom stereocenters. The average Bonchev–Trinajstić information content (AvgIpc) is 3.09. The Kier molecular flexibility index (Phi) is 5.12. The van der Waals surface area contributed by atoms with Gasteiger partial charge in [0.15, 0.2) is 0 Å². The highest BCUT2D eigenvalue weighted by Gasteiger charge is 2.54. The van der Waals surface area contributed by atoms with Crippen LogP contribution in [0.2, 0.25) is 0 Å². The molecule has 5 nitrogen and oxygen atoms in total. The number of nitrogens with zero attached hydrogens (tertiary/aromatic N) is 2. The molecular formula is C21H26F2N2O3. The molecule has 4 rings (SSSR count). The Morgan fingerprint density at radius 2 is 1.75 bits per heavy atom. The van der Waals surface area contributed by atoms with E-state index >= 15 is 0 Å². The lowest BCUT2D eigenvalue weighted by molar-refractivity contribution is -0.149. The highest BCUT2D eigenvalue weighted by Crippen LogP contribution is 2.41. The predicted octanol–water partition coefficient (Wildman–Crippen LogP) is 2.87. The van der Waals surface area contributed by atoms with Gasteiger partial charge in [0.05, 0.1) is 11.7 Å². The number of likely N-dealkylation sites (tertiary alicyclic amines) is 2. The molecule has 1 unspecified atom stereocenters. The number of benzene rings is 1. The molecule has 3 aliphatic rings. The van der Waals surface area contributed by atoms with Gasteiger partial charge in [-0.15, -0.1) is 0 Å². The van der Waals surface area contributed by atoms with E-state index in [-0.39, 0.29) is 23.6 Å². The molecule has 1 saturated carbocycles. The van der Waals surface area contributed by atoms with Crippen LogP contribution in [-0.2, 0) is 4.79 Å². The highest BCUT2D eigenvalue weighted by atomic mass is 19.1. The first-order valence-corrected chi connectivity index (χ1v) is 10.2. The van der Waals surface area contributed by atoms with Crippen molar-refractivity contribution in [2.24, 2.45) is 0 Å². The lowest BCUT2D eigenvalue weighted by Crippen LogP contribution is -2.63. The first-order chi connectivity index (χ1) is 13.4. The van der Waals surface area contributed by atoms with Crippen molar-refractivity contribution in [1.29, 1.82) is 0 Å². The maximum absolute atomic E-state index is 14.2. The molecular weight excluding hydrogens is 366 g/mol. The molecule has 28 heavy (non-hydrogen) atoms. The average molecular weight is 392 g/mol. The molecule has 7 heteroatoms. The van der Waals surface area contributed by atoms with Gasteiger partial charge in [-0.3, -0.25) is 9.59 Å². The largest absolute Gasteiger partial charge is 0.393 e. The molecule has 0 bridgehead atoms. The minimum Gasteiger partial charge on any atom is -0.393 e. The van der Waals surface area contributed by atoms with Gasteiger partial charge < -0.3 is 14.9 Å². The van der Waals surface area contributed by atoms with Crippen molar-refractivity contribution < 1.29 is 23.5 Å². The summed E-state index contributed by atoms with van der Waals surface area (Å²) in [7, 11) is 0. The molecule has 0 aromatic heterocycles. The minimum atomic E-state index is -0.924. The van der Waals surface area contributed by atoms with Gasteiger partial charge in [0.25, 0.3) is 5.91 Å². The Bertz CT molecular complexity index is 779. The normalized spacial score (nSPS) is 30.9. The number of carbonyl (C=O) groups excluding carboxylic acids is 2. The molecule has 1 aromatic carbocycles. The van der Waals surface area contributed by atoms with Gasteiger partial charge in [-0.1, -0.05) is 0 Å². The fourth-order valence-electron chi connectivity index (χ4n) is 5.20. The van der Waals surface area contributed by atoms with Crippen molar-refractivity contribution in [3.05, 3.63) is 35.4 Å². The monoisotopic (exact) mass is 392 g/mol. The number of aliphatic hydroxyl groups is 1. The summed E-state index contributed by atoms with van der Waals surface area (Å²) in [4.78, 5) is 30.0. The number of rotatable bonds is 2. The van der Waals surface area contributed by atoms with Crippen molar-refractivity contribution in [2.75, 3.05) is 13.1 Å². The second-order valence-corrected chi connectivity index (χ2v) is 8.28. The minimum absolute atomic E-state index is 0.0477. The topological polar surface area (TPSA) is 60.9 Å². The van der Waals surface area contributed by atoms with Crippen LogP contribution < -0.4 is 0 Å². The number of carbonyl (C=O) groups is 2. The summed E-state index contributed by atoms with van der Waals surface area (Å²) in [6.45, 7) is 1.06. The van der Waals surface area contributed by atoms with Gasteiger partial charge in [0, 0.05) is 25.2 Å². The van der Waals surface area contributed by atoms with Gasteiger partial charge in [0.2, 0.25) is 5.91 Å². The molecule has 3 fully saturated rings. The summed E-state index contributed by atoms with van der Waals surface area (Å²) in [5, 5.41) is 9.76. The van der Waals surface area contributed by atoms with Crippen LogP contribution in [0.5, 0.6) is 0 Å². The summed E-state index contributed by atoms with van der Waals surface area (Å²) in [6.07, 6.45) is 5.25. The van der Waals surface area contributed by atoms with E-state index in [2.05, 4.69) is 0 Å². The van der Waals surface area contributed by atoms with Gasteiger partial charge in [0.1, 0.15) is 17.2 Å². The van der Waals surface area contributed by atoms with Gasteiger partial charge in [-0.25, -0.2) is 8.78 Å². The maximum atomic E-state index is 14.2. The van der Waals surface area contributed by atoms with Crippen LogP contribution in [0.15, 0.2) is 18.2 Å². The zero-order valence-corrected chi connectivity index (χ0v) is 15.9. The molecule has 2 saturated heterocycles. The Labute approximate surface area is 163 Å². The molecule has 152 valence electrons. The molecule has 2 heterocycles. The Hall–Kier alpha value is -2.02. The highest BCUT2D eigenvalue weighted by molar-refractivity contribution is 6.00. The van der Waals surface area contributed by atoms with E-state index in [0.717, 1.165) is 31.4 Å². The standard InChI is InChI=1S/C21H26F2N2O3/c22-14-3-8-17(18(23)13-14)19(27)25-12-2-10-21(25)9-1-11-24(20(21)28)15-4-6-16(26)7-5-15/h3,8,13,15-16,26H,1-2,4-7,9-12H2. The summed E-state index contributed by atoms with van der Waals surface area (Å²) < 4.78 is 27.4. The molecule has 1 N–H and O–H groups in total. The smallest absolute Gasteiger partial charge is 0.257 e. The lowest BCUT2D eigenvalue weighted by Gasteiger charge is -2.48. The fourth-order valence-corrected chi connectivity index (χ4v) is 5.20. The second-order valence-electron chi connectivity index (χ2n) is 8.28. The summed E-state index contributed by atoms with van der Waals surface area (Å²) in [5.74, 6) is -2.21. The number of hydrogen-bond acceptors (Lipinski definition) is 3. The lowest BCUT2D eigenvalue weighted by atomic mass is 9.82. The van der Waals surface area contributed by atoms with Crippen LogP contribution in [0, 0.1) is 11.6 Å². The van der Waals surface area contributed by atoms with Gasteiger partial charge in [-0.05, 0) is 63.5 Å². The molecule has 0 radical (unpaired) electrons. The van der Waals surface area contributed by atoms with E-state index < -0.39 is 23.1 Å². The summed E-state index contributed by atoms with van der Waals surface area (Å²) in [5.41, 5.74) is -1.11. The number of amides is 2. The van der Waals surface area contributed by atoms with Crippen molar-refractivity contribution in [2.45, 2.75) is 69.1 Å². The van der Waals surface area contributed by atoms with Crippen LogP contribution >= 0.6 is 0 Å². The van der Waals surface area contributed by atoms with Gasteiger partial charge in [-0.2, -0.15) is 0 Å².